The molecule has 21 heavy (non-hydrogen) atoms. The van der Waals surface area contributed by atoms with Gasteiger partial charge in [0, 0.05) is 38.4 Å². The van der Waals surface area contributed by atoms with Crippen molar-refractivity contribution < 1.29 is 9.47 Å². The van der Waals surface area contributed by atoms with E-state index in [1.165, 1.54) is 5.82 Å². The van der Waals surface area contributed by atoms with Gasteiger partial charge in [0.05, 0.1) is 6.61 Å². The van der Waals surface area contributed by atoms with E-state index in [1.54, 1.807) is 0 Å². The molecule has 5 nitrogen and oxygen atoms in total. The summed E-state index contributed by atoms with van der Waals surface area (Å²) in [7, 11) is 1.99. The molecule has 0 aliphatic carbocycles. The Balaban J connectivity index is 2.30. The van der Waals surface area contributed by atoms with E-state index >= 15 is 0 Å². The zero-order valence-electron chi connectivity index (χ0n) is 13.7. The van der Waals surface area contributed by atoms with Crippen molar-refractivity contribution in [1.82, 2.24) is 9.78 Å². The molecule has 1 aromatic rings. The highest BCUT2D eigenvalue weighted by atomic mass is 16.5. The van der Waals surface area contributed by atoms with E-state index < -0.39 is 0 Å². The maximum atomic E-state index is 5.53. The van der Waals surface area contributed by atoms with E-state index in [1.807, 2.05) is 18.7 Å². The average molecular weight is 293 g/mol. The molecule has 1 fully saturated rings. The summed E-state index contributed by atoms with van der Waals surface area (Å²) in [5.41, 5.74) is 2.00. The number of hydrogen-bond donors (Lipinski definition) is 0. The molecule has 0 saturated carbocycles. The summed E-state index contributed by atoms with van der Waals surface area (Å²) in [6, 6.07) is 0.519. The van der Waals surface area contributed by atoms with Gasteiger partial charge >= 0.3 is 0 Å². The van der Waals surface area contributed by atoms with Crippen LogP contribution in [0.1, 0.15) is 37.9 Å². The molecule has 1 aliphatic heterocycles. The molecular formula is C16H27N3O2. The number of anilines is 1. The molecule has 2 heterocycles. The average Bonchev–Trinajstić information content (AvgIpc) is 2.78. The first-order valence-corrected chi connectivity index (χ1v) is 7.80. The van der Waals surface area contributed by atoms with Crippen molar-refractivity contribution in [3.63, 3.8) is 0 Å². The maximum Gasteiger partial charge on any atom is 0.139 e. The SMILES string of the molecule is C=C(OCC)c1nn(C)c(N(CC)C2CCOCC2)c1C. The standard InChI is InChI=1S/C16H27N3O2/c1-6-19(14-8-10-20-11-9-14)16-12(3)15(17-18(16)5)13(4)21-7-2/h14H,4,6-11H2,1-3,5H3. The van der Waals surface area contributed by atoms with Crippen LogP contribution in [0.15, 0.2) is 6.58 Å². The van der Waals surface area contributed by atoms with Crippen LogP contribution in [0.2, 0.25) is 0 Å². The van der Waals surface area contributed by atoms with Gasteiger partial charge in [0.15, 0.2) is 0 Å². The number of nitrogens with zero attached hydrogens (tertiary/aromatic N) is 3. The van der Waals surface area contributed by atoms with Crippen molar-refractivity contribution in [1.29, 1.82) is 0 Å². The molecule has 0 unspecified atom stereocenters. The van der Waals surface area contributed by atoms with Gasteiger partial charge in [0.2, 0.25) is 0 Å². The van der Waals surface area contributed by atoms with Crippen LogP contribution in [0.3, 0.4) is 0 Å². The third kappa shape index (κ3) is 3.23. The van der Waals surface area contributed by atoms with Crippen molar-refractivity contribution in [2.75, 3.05) is 31.3 Å². The van der Waals surface area contributed by atoms with Crippen LogP contribution in [-0.2, 0) is 16.5 Å². The van der Waals surface area contributed by atoms with Gasteiger partial charge in [-0.05, 0) is 33.6 Å². The fourth-order valence-corrected chi connectivity index (χ4v) is 3.11. The summed E-state index contributed by atoms with van der Waals surface area (Å²) in [6.07, 6.45) is 2.14. The Hall–Kier alpha value is -1.49. The largest absolute Gasteiger partial charge is 0.492 e. The van der Waals surface area contributed by atoms with Gasteiger partial charge in [-0.25, -0.2) is 0 Å². The number of aromatic nitrogens is 2. The molecule has 0 N–H and O–H groups in total. The fourth-order valence-electron chi connectivity index (χ4n) is 3.11. The highest BCUT2D eigenvalue weighted by Gasteiger charge is 2.26. The molecule has 5 heteroatoms. The first-order valence-electron chi connectivity index (χ1n) is 7.80. The van der Waals surface area contributed by atoms with E-state index in [4.69, 9.17) is 9.47 Å². The minimum Gasteiger partial charge on any atom is -0.492 e. The van der Waals surface area contributed by atoms with Gasteiger partial charge in [-0.2, -0.15) is 5.10 Å². The molecule has 0 bridgehead atoms. The van der Waals surface area contributed by atoms with Crippen LogP contribution in [0.5, 0.6) is 0 Å². The Morgan fingerprint density at radius 1 is 1.43 bits per heavy atom. The highest BCUT2D eigenvalue weighted by Crippen LogP contribution is 2.30. The lowest BCUT2D eigenvalue weighted by Gasteiger charge is -2.35. The molecule has 2 rings (SSSR count). The smallest absolute Gasteiger partial charge is 0.139 e. The van der Waals surface area contributed by atoms with Gasteiger partial charge in [-0.15, -0.1) is 0 Å². The molecule has 0 amide bonds. The molecule has 0 radical (unpaired) electrons. The summed E-state index contributed by atoms with van der Waals surface area (Å²) < 4.78 is 13.0. The molecule has 0 spiro atoms. The lowest BCUT2D eigenvalue weighted by atomic mass is 10.1. The topological polar surface area (TPSA) is 39.5 Å². The predicted molar refractivity (Wildman–Crippen MR) is 85.5 cm³/mol. The maximum absolute atomic E-state index is 5.53. The van der Waals surface area contributed by atoms with Crippen molar-refractivity contribution >= 4 is 11.6 Å². The number of hydrogen-bond acceptors (Lipinski definition) is 4. The summed E-state index contributed by atoms with van der Waals surface area (Å²) in [6.45, 7) is 13.5. The first-order chi connectivity index (χ1) is 10.1. The molecule has 118 valence electrons. The van der Waals surface area contributed by atoms with E-state index in [0.717, 1.165) is 43.9 Å². The van der Waals surface area contributed by atoms with Crippen molar-refractivity contribution in [2.45, 2.75) is 39.7 Å². The van der Waals surface area contributed by atoms with E-state index in [9.17, 15) is 0 Å². The zero-order valence-corrected chi connectivity index (χ0v) is 13.7. The van der Waals surface area contributed by atoms with Crippen LogP contribution in [0.4, 0.5) is 5.82 Å². The Morgan fingerprint density at radius 2 is 2.10 bits per heavy atom. The molecule has 0 atom stereocenters. The van der Waals surface area contributed by atoms with Gasteiger partial charge in [0.1, 0.15) is 17.3 Å². The summed E-state index contributed by atoms with van der Waals surface area (Å²) >= 11 is 0. The lowest BCUT2D eigenvalue weighted by Crippen LogP contribution is -2.40. The summed E-state index contributed by atoms with van der Waals surface area (Å²) in [5.74, 6) is 1.82. The molecular weight excluding hydrogens is 266 g/mol. The van der Waals surface area contributed by atoms with Gasteiger partial charge in [-0.3, -0.25) is 4.68 Å². The van der Waals surface area contributed by atoms with Crippen LogP contribution in [-0.4, -0.2) is 42.2 Å². The fraction of sp³-hybridized carbons (Fsp3) is 0.688. The Morgan fingerprint density at radius 3 is 2.67 bits per heavy atom. The predicted octanol–water partition coefficient (Wildman–Crippen LogP) is 2.74. The normalized spacial score (nSPS) is 16.0. The monoisotopic (exact) mass is 293 g/mol. The van der Waals surface area contributed by atoms with Crippen LogP contribution in [0, 0.1) is 6.92 Å². The second-order valence-corrected chi connectivity index (χ2v) is 5.41. The third-order valence-electron chi connectivity index (χ3n) is 4.07. The summed E-state index contributed by atoms with van der Waals surface area (Å²) in [4.78, 5) is 2.44. The first kappa shape index (κ1) is 15.9. The van der Waals surface area contributed by atoms with E-state index in [2.05, 4.69) is 30.4 Å². The second kappa shape index (κ2) is 6.98. The van der Waals surface area contributed by atoms with Gasteiger partial charge < -0.3 is 14.4 Å². The lowest BCUT2D eigenvalue weighted by molar-refractivity contribution is 0.0843. The molecule has 1 aliphatic rings. The zero-order chi connectivity index (χ0) is 15.4. The number of rotatable bonds is 6. The molecule has 1 saturated heterocycles. The second-order valence-electron chi connectivity index (χ2n) is 5.41. The van der Waals surface area contributed by atoms with E-state index in [-0.39, 0.29) is 0 Å². The third-order valence-corrected chi connectivity index (χ3v) is 4.07. The van der Waals surface area contributed by atoms with Crippen LogP contribution in [0.25, 0.3) is 5.76 Å². The van der Waals surface area contributed by atoms with E-state index in [0.29, 0.717) is 18.4 Å². The van der Waals surface area contributed by atoms with Crippen LogP contribution < -0.4 is 4.90 Å². The van der Waals surface area contributed by atoms with Crippen molar-refractivity contribution in [3.8, 4) is 0 Å². The molecule has 0 aromatic carbocycles. The molecule has 1 aromatic heterocycles. The Bertz CT molecular complexity index is 490. The number of ether oxygens (including phenoxy) is 2. The van der Waals surface area contributed by atoms with Crippen LogP contribution >= 0.6 is 0 Å². The Labute approximate surface area is 127 Å². The highest BCUT2D eigenvalue weighted by molar-refractivity contribution is 5.64. The van der Waals surface area contributed by atoms with Crippen molar-refractivity contribution in [3.05, 3.63) is 17.8 Å². The van der Waals surface area contributed by atoms with Gasteiger partial charge in [0.25, 0.3) is 0 Å². The van der Waals surface area contributed by atoms with Gasteiger partial charge in [-0.1, -0.05) is 6.58 Å². The minimum atomic E-state index is 0.519. The number of aryl methyl sites for hydroxylation is 1. The van der Waals surface area contributed by atoms with Crippen molar-refractivity contribution in [2.24, 2.45) is 7.05 Å². The quantitative estimate of drug-likeness (QED) is 0.756. The summed E-state index contributed by atoms with van der Waals surface area (Å²) in [5, 5.41) is 4.61. The Kier molecular flexibility index (Phi) is 5.28. The minimum absolute atomic E-state index is 0.519.